The van der Waals surface area contributed by atoms with Crippen molar-refractivity contribution in [1.82, 2.24) is 10.2 Å². The summed E-state index contributed by atoms with van der Waals surface area (Å²) in [6.07, 6.45) is -0.458. The van der Waals surface area contributed by atoms with E-state index in [4.69, 9.17) is 4.74 Å². The number of likely N-dealkylation sites (N-methyl/N-ethyl adjacent to an activating group) is 1. The van der Waals surface area contributed by atoms with Crippen molar-refractivity contribution >= 4 is 12.0 Å². The van der Waals surface area contributed by atoms with Crippen molar-refractivity contribution in [3.05, 3.63) is 0 Å². The predicted molar refractivity (Wildman–Crippen MR) is 71.3 cm³/mol. The Labute approximate surface area is 110 Å². The molecule has 0 aliphatic carbocycles. The van der Waals surface area contributed by atoms with E-state index in [0.29, 0.717) is 6.54 Å². The van der Waals surface area contributed by atoms with E-state index < -0.39 is 11.7 Å². The van der Waals surface area contributed by atoms with Crippen molar-refractivity contribution in [2.45, 2.75) is 53.2 Å². The van der Waals surface area contributed by atoms with Crippen LogP contribution in [-0.4, -0.2) is 42.1 Å². The molecule has 18 heavy (non-hydrogen) atoms. The molecule has 0 aliphatic rings. The van der Waals surface area contributed by atoms with Gasteiger partial charge in [-0.1, -0.05) is 13.8 Å². The van der Waals surface area contributed by atoms with Crippen LogP contribution in [0.4, 0.5) is 4.79 Å². The number of ether oxygens (including phenoxy) is 1. The summed E-state index contributed by atoms with van der Waals surface area (Å²) in [7, 11) is 1.73. The van der Waals surface area contributed by atoms with Crippen LogP contribution in [0.15, 0.2) is 0 Å². The minimum absolute atomic E-state index is 0.0382. The van der Waals surface area contributed by atoms with Gasteiger partial charge in [0.25, 0.3) is 0 Å². The largest absolute Gasteiger partial charge is 0.444 e. The predicted octanol–water partition coefficient (Wildman–Crippen LogP) is 2.01. The Morgan fingerprint density at radius 3 is 2.11 bits per heavy atom. The monoisotopic (exact) mass is 258 g/mol. The second-order valence-electron chi connectivity index (χ2n) is 5.92. The van der Waals surface area contributed by atoms with Crippen LogP contribution >= 0.6 is 0 Å². The summed E-state index contributed by atoms with van der Waals surface area (Å²) in [6, 6.07) is -0.146. The van der Waals surface area contributed by atoms with E-state index in [0.717, 1.165) is 0 Å². The van der Waals surface area contributed by atoms with Crippen molar-refractivity contribution in [3.8, 4) is 0 Å². The quantitative estimate of drug-likeness (QED) is 0.839. The molecule has 0 fully saturated rings. The molecular formula is C13H26N2O3. The molecule has 0 aromatic rings. The van der Waals surface area contributed by atoms with E-state index in [9.17, 15) is 9.59 Å². The maximum Gasteiger partial charge on any atom is 0.407 e. The minimum Gasteiger partial charge on any atom is -0.444 e. The molecule has 0 aromatic carbocycles. The molecule has 0 radical (unpaired) electrons. The van der Waals surface area contributed by atoms with Gasteiger partial charge in [-0.3, -0.25) is 4.79 Å². The SMILES string of the molecule is CC(C)C(=O)N(C)C[C@H](C)NC(=O)OC(C)(C)C. The fourth-order valence-corrected chi connectivity index (χ4v) is 1.50. The van der Waals surface area contributed by atoms with Crippen LogP contribution in [0, 0.1) is 5.92 Å². The van der Waals surface area contributed by atoms with Gasteiger partial charge < -0.3 is 15.0 Å². The molecule has 0 aliphatic heterocycles. The lowest BCUT2D eigenvalue weighted by atomic mass is 10.2. The second kappa shape index (κ2) is 6.61. The standard InChI is InChI=1S/C13H26N2O3/c1-9(2)11(16)15(7)8-10(3)14-12(17)18-13(4,5)6/h9-10H,8H2,1-7H3,(H,14,17)/t10-/m0/s1. The first-order valence-electron chi connectivity index (χ1n) is 6.27. The van der Waals surface area contributed by atoms with Crippen LogP contribution < -0.4 is 5.32 Å². The summed E-state index contributed by atoms with van der Waals surface area (Å²) in [5.41, 5.74) is -0.510. The average Bonchev–Trinajstić information content (AvgIpc) is 2.12. The third-order valence-electron chi connectivity index (χ3n) is 2.18. The van der Waals surface area contributed by atoms with Gasteiger partial charge in [-0.2, -0.15) is 0 Å². The van der Waals surface area contributed by atoms with Crippen molar-refractivity contribution in [3.63, 3.8) is 0 Å². The minimum atomic E-state index is -0.510. The number of hydrogen-bond acceptors (Lipinski definition) is 3. The van der Waals surface area contributed by atoms with Gasteiger partial charge in [0.15, 0.2) is 0 Å². The summed E-state index contributed by atoms with van der Waals surface area (Å²) in [4.78, 5) is 24.8. The lowest BCUT2D eigenvalue weighted by molar-refractivity contribution is -0.133. The zero-order valence-corrected chi connectivity index (χ0v) is 12.5. The Morgan fingerprint density at radius 2 is 1.72 bits per heavy atom. The number of nitrogens with one attached hydrogen (secondary N) is 1. The molecule has 0 aromatic heterocycles. The van der Waals surface area contributed by atoms with Crippen molar-refractivity contribution in [1.29, 1.82) is 0 Å². The number of alkyl carbamates (subject to hydrolysis) is 1. The van der Waals surface area contributed by atoms with E-state index >= 15 is 0 Å². The molecule has 0 saturated heterocycles. The van der Waals surface area contributed by atoms with Gasteiger partial charge in [0.2, 0.25) is 5.91 Å². The molecule has 5 heteroatoms. The summed E-state index contributed by atoms with van der Waals surface area (Å²) in [6.45, 7) is 11.4. The lowest BCUT2D eigenvalue weighted by Gasteiger charge is -2.25. The lowest BCUT2D eigenvalue weighted by Crippen LogP contribution is -2.45. The van der Waals surface area contributed by atoms with Crippen LogP contribution in [-0.2, 0) is 9.53 Å². The van der Waals surface area contributed by atoms with Gasteiger partial charge in [-0.05, 0) is 27.7 Å². The molecule has 0 spiro atoms. The second-order valence-corrected chi connectivity index (χ2v) is 5.92. The first kappa shape index (κ1) is 16.7. The fourth-order valence-electron chi connectivity index (χ4n) is 1.50. The molecule has 0 saturated carbocycles. The molecule has 1 atom stereocenters. The van der Waals surface area contributed by atoms with Crippen LogP contribution in [0.2, 0.25) is 0 Å². The maximum atomic E-state index is 11.7. The summed E-state index contributed by atoms with van der Waals surface area (Å²) >= 11 is 0. The normalized spacial score (nSPS) is 13.1. The Balaban J connectivity index is 4.15. The van der Waals surface area contributed by atoms with Gasteiger partial charge in [-0.15, -0.1) is 0 Å². The molecule has 5 nitrogen and oxygen atoms in total. The Bertz CT molecular complexity index is 295. The Kier molecular flexibility index (Phi) is 6.15. The van der Waals surface area contributed by atoms with Gasteiger partial charge in [0.05, 0.1) is 0 Å². The van der Waals surface area contributed by atoms with Crippen LogP contribution in [0.25, 0.3) is 0 Å². The molecular weight excluding hydrogens is 232 g/mol. The zero-order valence-electron chi connectivity index (χ0n) is 12.5. The Morgan fingerprint density at radius 1 is 1.22 bits per heavy atom. The molecule has 2 amide bonds. The molecule has 0 unspecified atom stereocenters. The number of carbonyl (C=O) groups is 2. The topological polar surface area (TPSA) is 58.6 Å². The van der Waals surface area contributed by atoms with Crippen molar-refractivity contribution < 1.29 is 14.3 Å². The third-order valence-corrected chi connectivity index (χ3v) is 2.18. The smallest absolute Gasteiger partial charge is 0.407 e. The molecule has 0 heterocycles. The molecule has 0 rings (SSSR count). The maximum absolute atomic E-state index is 11.7. The van der Waals surface area contributed by atoms with Crippen molar-refractivity contribution in [2.75, 3.05) is 13.6 Å². The zero-order chi connectivity index (χ0) is 14.5. The van der Waals surface area contributed by atoms with Crippen LogP contribution in [0.3, 0.4) is 0 Å². The highest BCUT2D eigenvalue weighted by molar-refractivity contribution is 5.78. The Hall–Kier alpha value is -1.26. The summed E-state index contributed by atoms with van der Waals surface area (Å²) in [5, 5.41) is 2.71. The summed E-state index contributed by atoms with van der Waals surface area (Å²) < 4.78 is 5.14. The van der Waals surface area contributed by atoms with Crippen LogP contribution in [0.5, 0.6) is 0 Å². The molecule has 0 bridgehead atoms. The average molecular weight is 258 g/mol. The highest BCUT2D eigenvalue weighted by Gasteiger charge is 2.20. The van der Waals surface area contributed by atoms with Gasteiger partial charge in [-0.25, -0.2) is 4.79 Å². The van der Waals surface area contributed by atoms with Gasteiger partial charge in [0.1, 0.15) is 5.60 Å². The number of carbonyl (C=O) groups excluding carboxylic acids is 2. The van der Waals surface area contributed by atoms with Crippen LogP contribution in [0.1, 0.15) is 41.5 Å². The van der Waals surface area contributed by atoms with E-state index in [1.54, 1.807) is 11.9 Å². The number of rotatable bonds is 4. The van der Waals surface area contributed by atoms with E-state index in [1.165, 1.54) is 0 Å². The number of nitrogens with zero attached hydrogens (tertiary/aromatic N) is 1. The highest BCUT2D eigenvalue weighted by Crippen LogP contribution is 2.07. The third kappa shape index (κ3) is 7.14. The van der Waals surface area contributed by atoms with E-state index in [1.807, 2.05) is 41.5 Å². The number of amides is 2. The fraction of sp³-hybridized carbons (Fsp3) is 0.846. The first-order chi connectivity index (χ1) is 8.03. The molecule has 1 N–H and O–H groups in total. The van der Waals surface area contributed by atoms with Gasteiger partial charge >= 0.3 is 6.09 Å². The van der Waals surface area contributed by atoms with E-state index in [2.05, 4.69) is 5.32 Å². The summed E-state index contributed by atoms with van der Waals surface area (Å²) in [5.74, 6) is 0.0246. The van der Waals surface area contributed by atoms with Crippen molar-refractivity contribution in [2.24, 2.45) is 5.92 Å². The number of hydrogen-bond donors (Lipinski definition) is 1. The first-order valence-corrected chi connectivity index (χ1v) is 6.27. The highest BCUT2D eigenvalue weighted by atomic mass is 16.6. The molecule has 106 valence electrons. The van der Waals surface area contributed by atoms with E-state index in [-0.39, 0.29) is 17.9 Å². The van der Waals surface area contributed by atoms with Gasteiger partial charge in [0, 0.05) is 25.6 Å².